The topological polar surface area (TPSA) is 228 Å². The monoisotopic (exact) mass is 1320 g/mol. The van der Waals surface area contributed by atoms with E-state index in [4.69, 9.17) is 18.9 Å². The van der Waals surface area contributed by atoms with Crippen molar-refractivity contribution < 1.29 is 64.6 Å². The number of carbonyl (C=O) groups excluding carboxylic acids is 1. The zero-order valence-corrected chi connectivity index (χ0v) is 59.2. The molecule has 2 heterocycles. The van der Waals surface area contributed by atoms with Gasteiger partial charge >= 0.3 is 0 Å². The van der Waals surface area contributed by atoms with Crippen molar-refractivity contribution in [3.63, 3.8) is 0 Å². The minimum absolute atomic E-state index is 0.251. The summed E-state index contributed by atoms with van der Waals surface area (Å²) in [5.41, 5.74) is 0. The first kappa shape index (κ1) is 86.7. The van der Waals surface area contributed by atoms with Gasteiger partial charge in [-0.15, -0.1) is 0 Å². The molecule has 0 radical (unpaired) electrons. The van der Waals surface area contributed by atoms with Crippen molar-refractivity contribution in [3.05, 3.63) is 109 Å². The van der Waals surface area contributed by atoms with Gasteiger partial charge in [0.15, 0.2) is 12.6 Å². The van der Waals surface area contributed by atoms with E-state index in [9.17, 15) is 45.6 Å². The minimum Gasteiger partial charge on any atom is -0.394 e. The fourth-order valence-corrected chi connectivity index (χ4v) is 11.9. The summed E-state index contributed by atoms with van der Waals surface area (Å²) in [4.78, 5) is 13.4. The second kappa shape index (κ2) is 63.1. The van der Waals surface area contributed by atoms with Crippen LogP contribution in [0.15, 0.2) is 109 Å². The van der Waals surface area contributed by atoms with Gasteiger partial charge in [0.2, 0.25) is 5.91 Å². The Hall–Kier alpha value is -3.35. The summed E-state index contributed by atoms with van der Waals surface area (Å²) in [5.74, 6) is -0.251. The molecule has 12 unspecified atom stereocenters. The molecule has 2 rings (SSSR count). The van der Waals surface area contributed by atoms with E-state index in [1.807, 2.05) is 6.08 Å². The second-order valence-electron chi connectivity index (χ2n) is 26.4. The van der Waals surface area contributed by atoms with Crippen LogP contribution in [0.4, 0.5) is 0 Å². The average Bonchev–Trinajstić information content (AvgIpc) is 0.794. The molecule has 0 bridgehead atoms. The van der Waals surface area contributed by atoms with Gasteiger partial charge in [0.1, 0.15) is 48.8 Å². The summed E-state index contributed by atoms with van der Waals surface area (Å²) < 4.78 is 22.9. The largest absolute Gasteiger partial charge is 0.394 e. The molecule has 2 fully saturated rings. The van der Waals surface area contributed by atoms with Crippen molar-refractivity contribution >= 4 is 5.91 Å². The van der Waals surface area contributed by atoms with Gasteiger partial charge in [0.25, 0.3) is 0 Å². The number of hydrogen-bond acceptors (Lipinski definition) is 13. The highest BCUT2D eigenvalue weighted by Gasteiger charge is 2.51. The van der Waals surface area contributed by atoms with Crippen LogP contribution in [0, 0.1) is 0 Å². The van der Waals surface area contributed by atoms with Gasteiger partial charge < -0.3 is 65.1 Å². The van der Waals surface area contributed by atoms with E-state index >= 15 is 0 Å². The first-order valence-electron chi connectivity index (χ1n) is 38.1. The van der Waals surface area contributed by atoms with Crippen LogP contribution in [0.3, 0.4) is 0 Å². The fourth-order valence-electron chi connectivity index (χ4n) is 11.9. The molecule has 542 valence electrons. The van der Waals surface area contributed by atoms with E-state index in [1.54, 1.807) is 6.08 Å². The number of allylic oxidation sites excluding steroid dienone is 17. The highest BCUT2D eigenvalue weighted by atomic mass is 16.7. The summed E-state index contributed by atoms with van der Waals surface area (Å²) in [7, 11) is 0. The number of unbranched alkanes of at least 4 members (excludes halogenated alkanes) is 33. The SMILES string of the molecule is CC/C=C\C/C=C\C/C=C\C/C=C\C/C=C\C/C=C\C/C=C\CCCCCCCCCCCCCCCC(=O)NC(COC1OC(CO)C(OC2OC(CO)C(O)C(O)C2O)C(O)C1O)C(O)/C=C/CC/C=C/CCCCCCCCCCCCCCCCCCCCC. The molecule has 14 nitrogen and oxygen atoms in total. The van der Waals surface area contributed by atoms with E-state index < -0.39 is 86.8 Å². The number of nitrogens with one attached hydrogen (secondary N) is 1. The maximum absolute atomic E-state index is 13.4. The summed E-state index contributed by atoms with van der Waals surface area (Å²) in [6.07, 6.45) is 74.4. The lowest BCUT2D eigenvalue weighted by Gasteiger charge is -2.46. The van der Waals surface area contributed by atoms with Crippen LogP contribution in [-0.4, -0.2) is 140 Å². The van der Waals surface area contributed by atoms with Crippen LogP contribution in [-0.2, 0) is 23.7 Å². The van der Waals surface area contributed by atoms with Crippen molar-refractivity contribution in [1.29, 1.82) is 0 Å². The molecule has 0 aromatic rings. The molecule has 14 heteroatoms. The maximum Gasteiger partial charge on any atom is 0.220 e. The summed E-state index contributed by atoms with van der Waals surface area (Å²) in [6.45, 7) is 2.69. The molecule has 0 aliphatic carbocycles. The number of rotatable bonds is 62. The van der Waals surface area contributed by atoms with Gasteiger partial charge in [-0.05, 0) is 89.9 Å². The third-order valence-electron chi connectivity index (χ3n) is 17.9. The van der Waals surface area contributed by atoms with E-state index in [0.717, 1.165) is 83.5 Å². The Morgan fingerprint density at radius 2 is 0.745 bits per heavy atom. The predicted molar refractivity (Wildman–Crippen MR) is 387 cm³/mol. The van der Waals surface area contributed by atoms with Gasteiger partial charge in [-0.25, -0.2) is 0 Å². The molecular weight excluding hydrogens is 1180 g/mol. The Labute approximate surface area is 572 Å². The lowest BCUT2D eigenvalue weighted by atomic mass is 9.97. The number of aliphatic hydroxyl groups excluding tert-OH is 8. The van der Waals surface area contributed by atoms with Crippen LogP contribution in [0.25, 0.3) is 0 Å². The van der Waals surface area contributed by atoms with Gasteiger partial charge in [0.05, 0.1) is 32.0 Å². The van der Waals surface area contributed by atoms with E-state index in [-0.39, 0.29) is 18.9 Å². The standard InChI is InChI=1S/C80H139NO13/c1-3-5-7-9-11-13-15-17-19-21-23-25-27-29-30-31-32-33-34-35-36-37-38-40-42-44-46-48-50-52-54-56-58-60-62-64-72(85)81-68(67-91-79-77(90)75(88)78(71(66-83)93-79)94-80-76(89)74(87)73(86)70(65-82)92-80)69(84)63-61-59-57-55-53-51-49-47-45-43-41-39-28-26-24-22-20-18-16-14-12-10-8-6-4-2/h5,7,11,13,17,19,23,25,29-30,32-33,35-36,53,55,61,63,68-71,73-80,82-84,86-90H,3-4,6,8-10,12,14-16,18,20-22,24,26-28,31,34,37-52,54,56-60,62,64-67H2,1-2H3,(H,81,85)/b7-5-,13-11-,19-17-,25-23-,30-29-,33-32-,36-35-,55-53+,63-61+. The Morgan fingerprint density at radius 3 is 1.17 bits per heavy atom. The maximum atomic E-state index is 13.4. The molecule has 1 amide bonds. The summed E-state index contributed by atoms with van der Waals surface area (Å²) >= 11 is 0. The van der Waals surface area contributed by atoms with Crippen LogP contribution in [0.2, 0.25) is 0 Å². The molecule has 0 aromatic carbocycles. The molecule has 2 aliphatic heterocycles. The first-order chi connectivity index (χ1) is 46.1. The Morgan fingerprint density at radius 1 is 0.394 bits per heavy atom. The van der Waals surface area contributed by atoms with Crippen molar-refractivity contribution in [2.75, 3.05) is 19.8 Å². The average molecular weight is 1320 g/mol. The van der Waals surface area contributed by atoms with Crippen molar-refractivity contribution in [2.24, 2.45) is 0 Å². The molecular formula is C80H139NO13. The Balaban J connectivity index is 1.65. The zero-order chi connectivity index (χ0) is 68.0. The number of amides is 1. The van der Waals surface area contributed by atoms with Gasteiger partial charge in [0, 0.05) is 6.42 Å². The number of aliphatic hydroxyl groups is 8. The second-order valence-corrected chi connectivity index (χ2v) is 26.4. The fraction of sp³-hybridized carbons (Fsp3) is 0.762. The zero-order valence-electron chi connectivity index (χ0n) is 59.2. The van der Waals surface area contributed by atoms with E-state index in [0.29, 0.717) is 12.8 Å². The van der Waals surface area contributed by atoms with Crippen LogP contribution in [0.1, 0.15) is 296 Å². The first-order valence-corrected chi connectivity index (χ1v) is 38.1. The third-order valence-corrected chi connectivity index (χ3v) is 17.9. The van der Waals surface area contributed by atoms with E-state index in [2.05, 4.69) is 116 Å². The lowest BCUT2D eigenvalue weighted by Crippen LogP contribution is -2.65. The molecule has 2 saturated heterocycles. The highest BCUT2D eigenvalue weighted by molar-refractivity contribution is 5.76. The summed E-state index contributed by atoms with van der Waals surface area (Å²) in [5, 5.41) is 87.6. The number of carbonyl (C=O) groups is 1. The molecule has 94 heavy (non-hydrogen) atoms. The molecule has 0 saturated carbocycles. The van der Waals surface area contributed by atoms with Crippen LogP contribution >= 0.6 is 0 Å². The molecule has 9 N–H and O–H groups in total. The smallest absolute Gasteiger partial charge is 0.220 e. The van der Waals surface area contributed by atoms with Crippen molar-refractivity contribution in [3.8, 4) is 0 Å². The normalized spacial score (nSPS) is 23.1. The molecule has 12 atom stereocenters. The van der Waals surface area contributed by atoms with Gasteiger partial charge in [-0.1, -0.05) is 309 Å². The lowest BCUT2D eigenvalue weighted by molar-refractivity contribution is -0.359. The molecule has 0 aromatic heterocycles. The van der Waals surface area contributed by atoms with Crippen LogP contribution < -0.4 is 5.32 Å². The van der Waals surface area contributed by atoms with E-state index in [1.165, 1.54) is 180 Å². The number of hydrogen-bond donors (Lipinski definition) is 9. The Kier molecular flexibility index (Phi) is 58.2. The minimum atomic E-state index is -1.80. The Bertz CT molecular complexity index is 2000. The van der Waals surface area contributed by atoms with Gasteiger partial charge in [-0.2, -0.15) is 0 Å². The predicted octanol–water partition coefficient (Wildman–Crippen LogP) is 16.7. The van der Waals surface area contributed by atoms with Gasteiger partial charge in [-0.3, -0.25) is 4.79 Å². The third kappa shape index (κ3) is 46.0. The quantitative estimate of drug-likeness (QED) is 0.0204. The highest BCUT2D eigenvalue weighted by Crippen LogP contribution is 2.30. The number of ether oxygens (including phenoxy) is 4. The van der Waals surface area contributed by atoms with Crippen LogP contribution in [0.5, 0.6) is 0 Å². The molecule has 2 aliphatic rings. The summed E-state index contributed by atoms with van der Waals surface area (Å²) in [6, 6.07) is -0.940. The molecule has 0 spiro atoms. The van der Waals surface area contributed by atoms with Crippen molar-refractivity contribution in [1.82, 2.24) is 5.32 Å². The van der Waals surface area contributed by atoms with Crippen molar-refractivity contribution in [2.45, 2.75) is 370 Å².